The van der Waals surface area contributed by atoms with Gasteiger partial charge in [-0.05, 0) is 38.8 Å². The number of aromatic nitrogens is 1. The maximum atomic E-state index is 13.0. The summed E-state index contributed by atoms with van der Waals surface area (Å²) in [4.78, 5) is 12.6. The molecule has 0 bridgehead atoms. The fraction of sp³-hybridized carbons (Fsp3) is 0.400. The Hall–Kier alpha value is -2.65. The molecule has 0 aliphatic carbocycles. The Morgan fingerprint density at radius 2 is 2.10 bits per heavy atom. The highest BCUT2D eigenvalue weighted by Gasteiger charge is 2.37. The SMILES string of the molecule is Cc1noc(C)c1S(=O)(=O)N1CCCC(C(=O)OCc2cc3ccccc3o2)C1. The van der Waals surface area contributed by atoms with Crippen molar-refractivity contribution < 1.29 is 26.9 Å². The molecule has 3 aromatic rings. The minimum Gasteiger partial charge on any atom is -0.457 e. The molecule has 2 aromatic heterocycles. The summed E-state index contributed by atoms with van der Waals surface area (Å²) < 4.78 is 43.4. The van der Waals surface area contributed by atoms with E-state index in [4.69, 9.17) is 13.7 Å². The molecule has 9 heteroatoms. The fourth-order valence-electron chi connectivity index (χ4n) is 3.69. The van der Waals surface area contributed by atoms with Crippen molar-refractivity contribution in [3.8, 4) is 0 Å². The van der Waals surface area contributed by atoms with Crippen molar-refractivity contribution in [2.24, 2.45) is 5.92 Å². The van der Waals surface area contributed by atoms with Gasteiger partial charge in [-0.3, -0.25) is 4.79 Å². The second-order valence-electron chi connectivity index (χ2n) is 7.21. The Kier molecular flexibility index (Phi) is 5.18. The average molecular weight is 418 g/mol. The van der Waals surface area contributed by atoms with Crippen LogP contribution in [0.2, 0.25) is 0 Å². The highest BCUT2D eigenvalue weighted by molar-refractivity contribution is 7.89. The summed E-state index contributed by atoms with van der Waals surface area (Å²) >= 11 is 0. The molecule has 0 radical (unpaired) electrons. The predicted octanol–water partition coefficient (Wildman–Crippen LogP) is 3.18. The molecule has 3 heterocycles. The van der Waals surface area contributed by atoms with Gasteiger partial charge in [-0.2, -0.15) is 4.31 Å². The molecule has 0 saturated carbocycles. The van der Waals surface area contributed by atoms with Gasteiger partial charge < -0.3 is 13.7 Å². The maximum absolute atomic E-state index is 13.0. The Balaban J connectivity index is 1.43. The topological polar surface area (TPSA) is 103 Å². The first kappa shape index (κ1) is 19.7. The van der Waals surface area contributed by atoms with Gasteiger partial charge in [0.2, 0.25) is 10.0 Å². The lowest BCUT2D eigenvalue weighted by molar-refractivity contribution is -0.151. The lowest BCUT2D eigenvalue weighted by Gasteiger charge is -2.30. The lowest BCUT2D eigenvalue weighted by atomic mass is 10.00. The quantitative estimate of drug-likeness (QED) is 0.586. The Bertz CT molecular complexity index is 1090. The summed E-state index contributed by atoms with van der Waals surface area (Å²) in [5.41, 5.74) is 1.05. The molecule has 154 valence electrons. The van der Waals surface area contributed by atoms with Crippen LogP contribution in [-0.2, 0) is 26.2 Å². The zero-order chi connectivity index (χ0) is 20.6. The molecule has 1 fully saturated rings. The van der Waals surface area contributed by atoms with Crippen molar-refractivity contribution in [2.75, 3.05) is 13.1 Å². The second kappa shape index (κ2) is 7.64. The van der Waals surface area contributed by atoms with E-state index in [-0.39, 0.29) is 23.8 Å². The van der Waals surface area contributed by atoms with Crippen molar-refractivity contribution in [3.63, 3.8) is 0 Å². The number of ether oxygens (including phenoxy) is 1. The number of sulfonamides is 1. The van der Waals surface area contributed by atoms with Crippen molar-refractivity contribution in [3.05, 3.63) is 47.5 Å². The number of rotatable bonds is 5. The highest BCUT2D eigenvalue weighted by Crippen LogP contribution is 2.28. The second-order valence-corrected chi connectivity index (χ2v) is 9.09. The Morgan fingerprint density at radius 3 is 2.83 bits per heavy atom. The van der Waals surface area contributed by atoms with Crippen LogP contribution in [0.25, 0.3) is 11.0 Å². The van der Waals surface area contributed by atoms with Gasteiger partial charge in [0.15, 0.2) is 5.76 Å². The molecule has 4 rings (SSSR count). The minimum absolute atomic E-state index is 0.0145. The largest absolute Gasteiger partial charge is 0.457 e. The number of nitrogens with zero attached hydrogens (tertiary/aromatic N) is 2. The third-order valence-electron chi connectivity index (χ3n) is 5.12. The molecule has 1 aromatic carbocycles. The summed E-state index contributed by atoms with van der Waals surface area (Å²) in [6.07, 6.45) is 1.15. The molecule has 1 saturated heterocycles. The first-order chi connectivity index (χ1) is 13.9. The number of esters is 1. The van der Waals surface area contributed by atoms with Crippen molar-refractivity contribution in [1.82, 2.24) is 9.46 Å². The summed E-state index contributed by atoms with van der Waals surface area (Å²) in [6.45, 7) is 3.59. The summed E-state index contributed by atoms with van der Waals surface area (Å²) in [5.74, 6) is -0.153. The first-order valence-electron chi connectivity index (χ1n) is 9.43. The average Bonchev–Trinajstić information content (AvgIpc) is 3.28. The fourth-order valence-corrected chi connectivity index (χ4v) is 5.51. The number of hydrogen-bond acceptors (Lipinski definition) is 7. The van der Waals surface area contributed by atoms with Crippen LogP contribution >= 0.6 is 0 Å². The van der Waals surface area contributed by atoms with Crippen LogP contribution in [0.15, 0.2) is 44.2 Å². The number of fused-ring (bicyclic) bond motifs is 1. The summed E-state index contributed by atoms with van der Waals surface area (Å²) in [6, 6.07) is 9.38. The molecule has 0 spiro atoms. The monoisotopic (exact) mass is 418 g/mol. The molecule has 29 heavy (non-hydrogen) atoms. The number of hydrogen-bond donors (Lipinski definition) is 0. The van der Waals surface area contributed by atoms with E-state index in [0.29, 0.717) is 30.8 Å². The predicted molar refractivity (Wildman–Crippen MR) is 103 cm³/mol. The summed E-state index contributed by atoms with van der Waals surface area (Å²) in [7, 11) is -3.78. The van der Waals surface area contributed by atoms with E-state index in [1.54, 1.807) is 13.8 Å². The number of piperidine rings is 1. The molecule has 1 atom stereocenters. The van der Waals surface area contributed by atoms with Gasteiger partial charge in [-0.1, -0.05) is 23.4 Å². The van der Waals surface area contributed by atoms with Crippen LogP contribution in [0, 0.1) is 19.8 Å². The third kappa shape index (κ3) is 3.79. The number of benzene rings is 1. The van der Waals surface area contributed by atoms with E-state index in [1.165, 1.54) is 4.31 Å². The van der Waals surface area contributed by atoms with E-state index in [2.05, 4.69) is 5.16 Å². The number of carbonyl (C=O) groups is 1. The van der Waals surface area contributed by atoms with E-state index >= 15 is 0 Å². The van der Waals surface area contributed by atoms with Gasteiger partial charge in [-0.25, -0.2) is 8.42 Å². The standard InChI is InChI=1S/C20H22N2O6S/c1-13-19(14(2)28-21-13)29(24,25)22-9-5-7-16(11-22)20(23)26-12-17-10-15-6-3-4-8-18(15)27-17/h3-4,6,8,10,16H,5,7,9,11-12H2,1-2H3. The zero-order valence-electron chi connectivity index (χ0n) is 16.3. The molecule has 1 aliphatic heterocycles. The van der Waals surface area contributed by atoms with Crippen molar-refractivity contribution in [1.29, 1.82) is 0 Å². The van der Waals surface area contributed by atoms with Crippen molar-refractivity contribution in [2.45, 2.75) is 38.2 Å². The van der Waals surface area contributed by atoms with Gasteiger partial charge >= 0.3 is 5.97 Å². The van der Waals surface area contributed by atoms with Gasteiger partial charge in [0, 0.05) is 18.5 Å². The van der Waals surface area contributed by atoms with Gasteiger partial charge in [-0.15, -0.1) is 0 Å². The molecular weight excluding hydrogens is 396 g/mol. The highest BCUT2D eigenvalue weighted by atomic mass is 32.2. The molecular formula is C20H22N2O6S. The van der Waals surface area contributed by atoms with Crippen LogP contribution in [0.3, 0.4) is 0 Å². The smallest absolute Gasteiger partial charge is 0.310 e. The van der Waals surface area contributed by atoms with Crippen LogP contribution in [0.1, 0.15) is 30.1 Å². The Morgan fingerprint density at radius 1 is 1.31 bits per heavy atom. The van der Waals surface area contributed by atoms with Gasteiger partial charge in [0.25, 0.3) is 0 Å². The van der Waals surface area contributed by atoms with Crippen molar-refractivity contribution >= 4 is 27.0 Å². The number of aryl methyl sites for hydroxylation is 2. The zero-order valence-corrected chi connectivity index (χ0v) is 17.1. The normalized spacial score (nSPS) is 18.2. The molecule has 8 nitrogen and oxygen atoms in total. The van der Waals surface area contributed by atoms with Crippen LogP contribution in [0.5, 0.6) is 0 Å². The van der Waals surface area contributed by atoms with E-state index in [0.717, 1.165) is 11.0 Å². The first-order valence-corrected chi connectivity index (χ1v) is 10.9. The minimum atomic E-state index is -3.78. The Labute approximate surface area is 168 Å². The number of furan rings is 1. The van der Waals surface area contributed by atoms with Gasteiger partial charge in [0.05, 0.1) is 5.92 Å². The molecule has 0 amide bonds. The molecule has 0 N–H and O–H groups in total. The van der Waals surface area contributed by atoms with E-state index < -0.39 is 21.9 Å². The van der Waals surface area contributed by atoms with Gasteiger partial charge in [0.1, 0.15) is 28.5 Å². The molecule has 1 aliphatic rings. The van der Waals surface area contributed by atoms with Crippen LogP contribution < -0.4 is 0 Å². The number of carbonyl (C=O) groups excluding carboxylic acids is 1. The van der Waals surface area contributed by atoms with E-state index in [9.17, 15) is 13.2 Å². The maximum Gasteiger partial charge on any atom is 0.310 e. The number of para-hydroxylation sites is 1. The third-order valence-corrected chi connectivity index (χ3v) is 7.23. The summed E-state index contributed by atoms with van der Waals surface area (Å²) in [5, 5.41) is 4.67. The van der Waals surface area contributed by atoms with Crippen LogP contribution in [0.4, 0.5) is 0 Å². The molecule has 1 unspecified atom stereocenters. The lowest BCUT2D eigenvalue weighted by Crippen LogP contribution is -2.43. The van der Waals surface area contributed by atoms with Crippen LogP contribution in [-0.4, -0.2) is 36.9 Å². The van der Waals surface area contributed by atoms with E-state index in [1.807, 2.05) is 30.3 Å².